The molecule has 4 heteroatoms. The van der Waals surface area contributed by atoms with Gasteiger partial charge in [-0.1, -0.05) is 6.07 Å². The zero-order chi connectivity index (χ0) is 15.5. The van der Waals surface area contributed by atoms with E-state index in [1.165, 1.54) is 5.56 Å². The number of halogens is 1. The molecule has 1 saturated heterocycles. The molecule has 1 aromatic carbocycles. The van der Waals surface area contributed by atoms with Crippen molar-refractivity contribution in [2.45, 2.75) is 64.8 Å². The molecule has 2 unspecified atom stereocenters. The van der Waals surface area contributed by atoms with Crippen LogP contribution in [-0.2, 0) is 11.3 Å². The summed E-state index contributed by atoms with van der Waals surface area (Å²) in [6.07, 6.45) is 2.82. The van der Waals surface area contributed by atoms with Crippen molar-refractivity contribution in [2.24, 2.45) is 0 Å². The third kappa shape index (κ3) is 5.61. The first-order valence-electron chi connectivity index (χ1n) is 7.65. The number of hydrogen-bond acceptors (Lipinski definition) is 3. The van der Waals surface area contributed by atoms with Crippen molar-refractivity contribution in [3.63, 3.8) is 0 Å². The number of ether oxygens (including phenoxy) is 2. The van der Waals surface area contributed by atoms with E-state index in [1.54, 1.807) is 0 Å². The fourth-order valence-corrected chi connectivity index (χ4v) is 2.87. The van der Waals surface area contributed by atoms with E-state index >= 15 is 0 Å². The molecule has 0 amide bonds. The second kappa shape index (κ2) is 7.12. The molecule has 0 radical (unpaired) electrons. The lowest BCUT2D eigenvalue weighted by Crippen LogP contribution is -2.35. The maximum Gasteiger partial charge on any atom is 0.133 e. The van der Waals surface area contributed by atoms with Crippen molar-refractivity contribution in [1.29, 1.82) is 0 Å². The minimum atomic E-state index is 0.123. The Morgan fingerprint density at radius 1 is 1.33 bits per heavy atom. The Kier molecular flexibility index (Phi) is 5.69. The standard InChI is InChI=1S/C17H26BrNO2/c1-12-5-7-14(21-12)11-20-16-8-6-13(9-15(16)18)10-19-17(2,3)4/h6,8-9,12,14,19H,5,7,10-11H2,1-4H3. The van der Waals surface area contributed by atoms with Gasteiger partial charge in [0.1, 0.15) is 12.4 Å². The van der Waals surface area contributed by atoms with Crippen molar-refractivity contribution in [2.75, 3.05) is 6.61 Å². The van der Waals surface area contributed by atoms with E-state index in [0.717, 1.165) is 29.6 Å². The topological polar surface area (TPSA) is 30.5 Å². The van der Waals surface area contributed by atoms with Gasteiger partial charge in [-0.3, -0.25) is 0 Å². The second-order valence-electron chi connectivity index (χ2n) is 6.83. The SMILES string of the molecule is CC1CCC(COc2ccc(CNC(C)(C)C)cc2Br)O1. The molecule has 0 bridgehead atoms. The summed E-state index contributed by atoms with van der Waals surface area (Å²) in [7, 11) is 0. The van der Waals surface area contributed by atoms with Gasteiger partial charge in [-0.25, -0.2) is 0 Å². The third-order valence-corrected chi connectivity index (χ3v) is 4.18. The van der Waals surface area contributed by atoms with Gasteiger partial charge >= 0.3 is 0 Å². The van der Waals surface area contributed by atoms with Crippen LogP contribution in [0.5, 0.6) is 5.75 Å². The van der Waals surface area contributed by atoms with Gasteiger partial charge in [0.2, 0.25) is 0 Å². The molecule has 0 aliphatic carbocycles. The highest BCUT2D eigenvalue weighted by molar-refractivity contribution is 9.10. The Balaban J connectivity index is 1.87. The summed E-state index contributed by atoms with van der Waals surface area (Å²) >= 11 is 3.60. The highest BCUT2D eigenvalue weighted by Crippen LogP contribution is 2.28. The molecule has 1 aromatic rings. The Bertz CT molecular complexity index is 470. The molecular formula is C17H26BrNO2. The molecule has 1 heterocycles. The monoisotopic (exact) mass is 355 g/mol. The van der Waals surface area contributed by atoms with Crippen molar-refractivity contribution in [3.8, 4) is 5.75 Å². The van der Waals surface area contributed by atoms with Crippen LogP contribution >= 0.6 is 15.9 Å². The largest absolute Gasteiger partial charge is 0.490 e. The molecule has 0 aromatic heterocycles. The lowest BCUT2D eigenvalue weighted by molar-refractivity contribution is 0.0263. The van der Waals surface area contributed by atoms with Crippen LogP contribution in [0.15, 0.2) is 22.7 Å². The van der Waals surface area contributed by atoms with E-state index in [-0.39, 0.29) is 11.6 Å². The van der Waals surface area contributed by atoms with Crippen molar-refractivity contribution >= 4 is 15.9 Å². The van der Waals surface area contributed by atoms with E-state index < -0.39 is 0 Å². The van der Waals surface area contributed by atoms with Gasteiger partial charge in [0.15, 0.2) is 0 Å². The van der Waals surface area contributed by atoms with E-state index in [9.17, 15) is 0 Å². The molecule has 0 spiro atoms. The maximum absolute atomic E-state index is 5.88. The first-order valence-corrected chi connectivity index (χ1v) is 8.44. The highest BCUT2D eigenvalue weighted by atomic mass is 79.9. The van der Waals surface area contributed by atoms with Gasteiger partial charge in [-0.15, -0.1) is 0 Å². The van der Waals surface area contributed by atoms with Crippen LogP contribution in [0.3, 0.4) is 0 Å². The minimum absolute atomic E-state index is 0.123. The lowest BCUT2D eigenvalue weighted by Gasteiger charge is -2.21. The van der Waals surface area contributed by atoms with Gasteiger partial charge < -0.3 is 14.8 Å². The van der Waals surface area contributed by atoms with Gasteiger partial charge in [0, 0.05) is 12.1 Å². The Labute approximate surface area is 136 Å². The summed E-state index contributed by atoms with van der Waals surface area (Å²) in [4.78, 5) is 0. The fraction of sp³-hybridized carbons (Fsp3) is 0.647. The predicted molar refractivity (Wildman–Crippen MR) is 89.8 cm³/mol. The Morgan fingerprint density at radius 3 is 2.67 bits per heavy atom. The summed E-state index contributed by atoms with van der Waals surface area (Å²) in [6.45, 7) is 10.1. The predicted octanol–water partition coefficient (Wildman–Crippen LogP) is 4.28. The Morgan fingerprint density at radius 2 is 2.10 bits per heavy atom. The molecule has 21 heavy (non-hydrogen) atoms. The summed E-state index contributed by atoms with van der Waals surface area (Å²) in [6, 6.07) is 6.26. The minimum Gasteiger partial charge on any atom is -0.490 e. The molecule has 1 fully saturated rings. The normalized spacial score (nSPS) is 22.5. The molecule has 3 nitrogen and oxygen atoms in total. The zero-order valence-electron chi connectivity index (χ0n) is 13.4. The first-order chi connectivity index (χ1) is 9.83. The van der Waals surface area contributed by atoms with Crippen molar-refractivity contribution in [1.82, 2.24) is 5.32 Å². The summed E-state index contributed by atoms with van der Waals surface area (Å²) in [5, 5.41) is 3.48. The van der Waals surface area contributed by atoms with E-state index in [4.69, 9.17) is 9.47 Å². The highest BCUT2D eigenvalue weighted by Gasteiger charge is 2.22. The van der Waals surface area contributed by atoms with Crippen LogP contribution in [0.2, 0.25) is 0 Å². The summed E-state index contributed by atoms with van der Waals surface area (Å²) in [5.41, 5.74) is 1.37. The number of nitrogens with one attached hydrogen (secondary N) is 1. The molecule has 118 valence electrons. The average molecular weight is 356 g/mol. The zero-order valence-corrected chi connectivity index (χ0v) is 15.0. The molecule has 2 rings (SSSR count). The van der Waals surface area contributed by atoms with E-state index in [0.29, 0.717) is 12.7 Å². The fourth-order valence-electron chi connectivity index (χ4n) is 2.33. The molecule has 1 N–H and O–H groups in total. The molecule has 1 aliphatic rings. The maximum atomic E-state index is 5.88. The van der Waals surface area contributed by atoms with Crippen molar-refractivity contribution < 1.29 is 9.47 Å². The summed E-state index contributed by atoms with van der Waals surface area (Å²) < 4.78 is 12.7. The second-order valence-corrected chi connectivity index (χ2v) is 7.68. The number of hydrogen-bond donors (Lipinski definition) is 1. The smallest absolute Gasteiger partial charge is 0.133 e. The first kappa shape index (κ1) is 16.8. The Hall–Kier alpha value is -0.580. The van der Waals surface area contributed by atoms with Gasteiger partial charge in [0.25, 0.3) is 0 Å². The van der Waals surface area contributed by atoms with Gasteiger partial charge in [0.05, 0.1) is 16.7 Å². The summed E-state index contributed by atoms with van der Waals surface area (Å²) in [5.74, 6) is 0.887. The average Bonchev–Trinajstić information content (AvgIpc) is 2.80. The van der Waals surface area contributed by atoms with Crippen LogP contribution in [0.4, 0.5) is 0 Å². The number of rotatable bonds is 5. The van der Waals surface area contributed by atoms with Gasteiger partial charge in [-0.05, 0) is 74.2 Å². The van der Waals surface area contributed by atoms with Crippen LogP contribution in [0, 0.1) is 0 Å². The molecule has 0 saturated carbocycles. The van der Waals surface area contributed by atoms with E-state index in [2.05, 4.69) is 61.1 Å². The van der Waals surface area contributed by atoms with Crippen LogP contribution in [-0.4, -0.2) is 24.4 Å². The van der Waals surface area contributed by atoms with Crippen LogP contribution < -0.4 is 10.1 Å². The van der Waals surface area contributed by atoms with Crippen LogP contribution in [0.1, 0.15) is 46.1 Å². The van der Waals surface area contributed by atoms with Crippen molar-refractivity contribution in [3.05, 3.63) is 28.2 Å². The molecule has 2 atom stereocenters. The quantitative estimate of drug-likeness (QED) is 0.854. The molecular weight excluding hydrogens is 330 g/mol. The van der Waals surface area contributed by atoms with Gasteiger partial charge in [-0.2, -0.15) is 0 Å². The number of benzene rings is 1. The van der Waals surface area contributed by atoms with E-state index in [1.807, 2.05) is 6.07 Å². The third-order valence-electron chi connectivity index (χ3n) is 3.56. The lowest BCUT2D eigenvalue weighted by atomic mass is 10.1. The molecule has 1 aliphatic heterocycles. The van der Waals surface area contributed by atoms with Crippen LogP contribution in [0.25, 0.3) is 0 Å².